The van der Waals surface area contributed by atoms with E-state index in [4.69, 9.17) is 4.42 Å². The van der Waals surface area contributed by atoms with Crippen LogP contribution in [0.25, 0.3) is 11.0 Å². The molecule has 1 amide bonds. The van der Waals surface area contributed by atoms with E-state index in [9.17, 15) is 14.7 Å². The molecular weight excluding hydrogens is 480 g/mol. The molecular formula is C23H15BrN2O4S. The molecule has 0 bridgehead atoms. The second kappa shape index (κ2) is 7.79. The van der Waals surface area contributed by atoms with E-state index in [1.165, 1.54) is 16.2 Å². The van der Waals surface area contributed by atoms with Crippen molar-refractivity contribution >= 4 is 49.9 Å². The summed E-state index contributed by atoms with van der Waals surface area (Å²) in [6.07, 6.45) is 3.28. The fourth-order valence-corrected chi connectivity index (χ4v) is 4.96. The lowest BCUT2D eigenvalue weighted by molar-refractivity contribution is -0.130. The molecule has 3 aromatic heterocycles. The monoisotopic (exact) mass is 494 g/mol. The van der Waals surface area contributed by atoms with Gasteiger partial charge in [-0.15, -0.1) is 11.3 Å². The Morgan fingerprint density at radius 1 is 1.19 bits per heavy atom. The predicted octanol–water partition coefficient (Wildman–Crippen LogP) is 5.43. The third kappa shape index (κ3) is 3.47. The van der Waals surface area contributed by atoms with Crippen molar-refractivity contribution in [3.63, 3.8) is 0 Å². The van der Waals surface area contributed by atoms with Gasteiger partial charge in [-0.3, -0.25) is 14.6 Å². The molecule has 5 rings (SSSR count). The molecule has 1 aliphatic rings. The standard InChI is InChI=1S/C23H15BrN2O4S/c24-15-3-4-16-14(10-15)11-17(30-16)21(27)19-20(18-2-1-9-31-18)26(23(29)22(19)28)12-13-5-7-25-8-6-13/h1-11,20,28H,12H2. The van der Waals surface area contributed by atoms with Crippen molar-refractivity contribution in [3.8, 4) is 0 Å². The van der Waals surface area contributed by atoms with Gasteiger partial charge >= 0.3 is 0 Å². The summed E-state index contributed by atoms with van der Waals surface area (Å²) < 4.78 is 6.61. The average Bonchev–Trinajstić information content (AvgIpc) is 3.49. The molecule has 1 N–H and O–H groups in total. The number of halogens is 1. The molecule has 0 fully saturated rings. The molecule has 0 aliphatic carbocycles. The van der Waals surface area contributed by atoms with Crippen LogP contribution in [0.4, 0.5) is 0 Å². The van der Waals surface area contributed by atoms with Gasteiger partial charge in [-0.05, 0) is 53.4 Å². The molecule has 0 saturated carbocycles. The number of Topliss-reactive ketones (excluding diaryl/α,β-unsaturated/α-hetero) is 1. The number of benzene rings is 1. The van der Waals surface area contributed by atoms with Gasteiger partial charge in [-0.1, -0.05) is 22.0 Å². The zero-order valence-corrected chi connectivity index (χ0v) is 18.4. The number of pyridine rings is 1. The van der Waals surface area contributed by atoms with Crippen molar-refractivity contribution < 1.29 is 19.1 Å². The highest BCUT2D eigenvalue weighted by atomic mass is 79.9. The number of aliphatic hydroxyl groups excluding tert-OH is 1. The molecule has 0 radical (unpaired) electrons. The number of aromatic nitrogens is 1. The van der Waals surface area contributed by atoms with Crippen LogP contribution >= 0.6 is 27.3 Å². The number of amides is 1. The summed E-state index contributed by atoms with van der Waals surface area (Å²) in [5, 5.41) is 13.4. The Morgan fingerprint density at radius 2 is 2.00 bits per heavy atom. The van der Waals surface area contributed by atoms with Crippen LogP contribution in [0.15, 0.2) is 86.5 Å². The van der Waals surface area contributed by atoms with Crippen molar-refractivity contribution in [1.82, 2.24) is 9.88 Å². The predicted molar refractivity (Wildman–Crippen MR) is 120 cm³/mol. The van der Waals surface area contributed by atoms with E-state index in [1.807, 2.05) is 29.6 Å². The van der Waals surface area contributed by atoms with Crippen molar-refractivity contribution in [2.24, 2.45) is 0 Å². The first-order valence-corrected chi connectivity index (χ1v) is 11.1. The van der Waals surface area contributed by atoms with E-state index >= 15 is 0 Å². The van der Waals surface area contributed by atoms with Gasteiger partial charge in [0, 0.05) is 33.7 Å². The van der Waals surface area contributed by atoms with Crippen LogP contribution in [0.2, 0.25) is 0 Å². The summed E-state index contributed by atoms with van der Waals surface area (Å²) in [6.45, 7) is 0.234. The lowest BCUT2D eigenvalue weighted by Crippen LogP contribution is -2.30. The third-order valence-corrected chi connectivity index (χ3v) is 6.58. The maximum absolute atomic E-state index is 13.5. The van der Waals surface area contributed by atoms with Crippen molar-refractivity contribution in [2.75, 3.05) is 0 Å². The highest BCUT2D eigenvalue weighted by Crippen LogP contribution is 2.42. The smallest absolute Gasteiger partial charge is 0.290 e. The fourth-order valence-electron chi connectivity index (χ4n) is 3.74. The minimum atomic E-state index is -0.701. The number of rotatable bonds is 5. The molecule has 1 aromatic carbocycles. The minimum absolute atomic E-state index is 0.0274. The van der Waals surface area contributed by atoms with Gasteiger partial charge in [0.2, 0.25) is 5.78 Å². The third-order valence-electron chi connectivity index (χ3n) is 5.17. The van der Waals surface area contributed by atoms with Gasteiger partial charge in [0.05, 0.1) is 5.57 Å². The van der Waals surface area contributed by atoms with Gasteiger partial charge in [-0.2, -0.15) is 0 Å². The number of furan rings is 1. The maximum atomic E-state index is 13.5. The first-order valence-electron chi connectivity index (χ1n) is 9.43. The Kier molecular flexibility index (Phi) is 4.95. The number of ketones is 1. The summed E-state index contributed by atoms with van der Waals surface area (Å²) in [4.78, 5) is 32.7. The Hall–Kier alpha value is -3.23. The molecule has 4 aromatic rings. The fraction of sp³-hybridized carbons (Fsp3) is 0.0870. The summed E-state index contributed by atoms with van der Waals surface area (Å²) in [5.74, 6) is -1.56. The Morgan fingerprint density at radius 3 is 2.74 bits per heavy atom. The van der Waals surface area contributed by atoms with Crippen LogP contribution < -0.4 is 0 Å². The van der Waals surface area contributed by atoms with E-state index in [2.05, 4.69) is 20.9 Å². The van der Waals surface area contributed by atoms with Crippen molar-refractivity contribution in [3.05, 3.63) is 98.3 Å². The van der Waals surface area contributed by atoms with Crippen LogP contribution in [0.1, 0.15) is 27.0 Å². The summed E-state index contributed by atoms with van der Waals surface area (Å²) in [7, 11) is 0. The molecule has 0 saturated heterocycles. The average molecular weight is 495 g/mol. The van der Waals surface area contributed by atoms with Gasteiger partial charge in [0.1, 0.15) is 11.6 Å². The Labute approximate surface area is 189 Å². The zero-order chi connectivity index (χ0) is 21.5. The topological polar surface area (TPSA) is 83.6 Å². The van der Waals surface area contributed by atoms with Gasteiger partial charge in [0.15, 0.2) is 11.5 Å². The molecule has 0 spiro atoms. The first-order chi connectivity index (χ1) is 15.0. The molecule has 1 aliphatic heterocycles. The number of carbonyl (C=O) groups excluding carboxylic acids is 2. The van der Waals surface area contributed by atoms with E-state index in [-0.39, 0.29) is 17.9 Å². The molecule has 154 valence electrons. The number of thiophene rings is 1. The summed E-state index contributed by atoms with van der Waals surface area (Å²) in [6, 6.07) is 13.7. The number of nitrogens with zero attached hydrogens (tertiary/aromatic N) is 2. The van der Waals surface area contributed by atoms with E-state index in [1.54, 1.807) is 36.7 Å². The number of carbonyl (C=O) groups is 2. The van der Waals surface area contributed by atoms with E-state index in [0.717, 1.165) is 20.3 Å². The molecule has 6 nitrogen and oxygen atoms in total. The number of aliphatic hydroxyl groups is 1. The van der Waals surface area contributed by atoms with Crippen molar-refractivity contribution in [1.29, 1.82) is 0 Å². The van der Waals surface area contributed by atoms with Gasteiger partial charge in [0.25, 0.3) is 5.91 Å². The first kappa shape index (κ1) is 19.7. The van der Waals surface area contributed by atoms with Gasteiger partial charge < -0.3 is 14.4 Å². The quantitative estimate of drug-likeness (QED) is 0.374. The SMILES string of the molecule is O=C(C1=C(O)C(=O)N(Cc2ccncc2)C1c1cccs1)c1cc2cc(Br)ccc2o1. The maximum Gasteiger partial charge on any atom is 0.290 e. The summed E-state index contributed by atoms with van der Waals surface area (Å²) >= 11 is 4.83. The van der Waals surface area contributed by atoms with Crippen LogP contribution in [0.5, 0.6) is 0 Å². The normalized spacial score (nSPS) is 16.5. The lowest BCUT2D eigenvalue weighted by atomic mass is 10.00. The minimum Gasteiger partial charge on any atom is -0.503 e. The van der Waals surface area contributed by atoms with Crippen LogP contribution in [0.3, 0.4) is 0 Å². The second-order valence-electron chi connectivity index (χ2n) is 7.09. The molecule has 31 heavy (non-hydrogen) atoms. The van der Waals surface area contributed by atoms with Crippen LogP contribution in [0, 0.1) is 0 Å². The Balaban J connectivity index is 1.58. The summed E-state index contributed by atoms with van der Waals surface area (Å²) in [5.41, 5.74) is 1.43. The molecule has 1 unspecified atom stereocenters. The van der Waals surface area contributed by atoms with E-state index in [0.29, 0.717) is 5.58 Å². The zero-order valence-electron chi connectivity index (χ0n) is 16.0. The number of hydrogen-bond donors (Lipinski definition) is 1. The highest BCUT2D eigenvalue weighted by Gasteiger charge is 2.45. The van der Waals surface area contributed by atoms with Crippen LogP contribution in [-0.2, 0) is 11.3 Å². The van der Waals surface area contributed by atoms with Crippen molar-refractivity contribution in [2.45, 2.75) is 12.6 Å². The van der Waals surface area contributed by atoms with E-state index < -0.39 is 23.5 Å². The lowest BCUT2D eigenvalue weighted by Gasteiger charge is -2.25. The highest BCUT2D eigenvalue weighted by molar-refractivity contribution is 9.10. The van der Waals surface area contributed by atoms with Gasteiger partial charge in [-0.25, -0.2) is 0 Å². The number of hydrogen-bond acceptors (Lipinski definition) is 6. The Bertz CT molecular complexity index is 1330. The molecule has 1 atom stereocenters. The van der Waals surface area contributed by atoms with Crippen LogP contribution in [-0.4, -0.2) is 26.7 Å². The molecule has 4 heterocycles. The molecule has 8 heteroatoms. The number of fused-ring (bicyclic) bond motifs is 1. The second-order valence-corrected chi connectivity index (χ2v) is 8.99. The largest absolute Gasteiger partial charge is 0.503 e.